The maximum atomic E-state index is 13.2. The summed E-state index contributed by atoms with van der Waals surface area (Å²) in [5, 5.41) is 8.76. The van der Waals surface area contributed by atoms with Crippen LogP contribution in [0.15, 0.2) is 24.3 Å². The lowest BCUT2D eigenvalue weighted by atomic mass is 10.0. The lowest BCUT2D eigenvalue weighted by Crippen LogP contribution is -1.99. The molecule has 3 nitrogen and oxygen atoms in total. The van der Waals surface area contributed by atoms with Gasteiger partial charge in [0.05, 0.1) is 6.61 Å². The Morgan fingerprint density at radius 2 is 2.18 bits per heavy atom. The van der Waals surface area contributed by atoms with Gasteiger partial charge < -0.3 is 9.84 Å². The maximum absolute atomic E-state index is 13.2. The average molecular weight is 238 g/mol. The molecule has 1 aromatic rings. The zero-order valence-electron chi connectivity index (χ0n) is 9.87. The van der Waals surface area contributed by atoms with Crippen LogP contribution in [-0.4, -0.2) is 17.7 Å². The molecule has 0 aliphatic heterocycles. The summed E-state index contributed by atoms with van der Waals surface area (Å²) in [6.45, 7) is 4.08. The van der Waals surface area contributed by atoms with Gasteiger partial charge in [-0.15, -0.1) is 0 Å². The fraction of sp³-hybridized carbons (Fsp3) is 0.308. The van der Waals surface area contributed by atoms with Gasteiger partial charge in [-0.05, 0) is 37.1 Å². The van der Waals surface area contributed by atoms with Gasteiger partial charge in [0.2, 0.25) is 0 Å². The van der Waals surface area contributed by atoms with Crippen molar-refractivity contribution in [1.29, 1.82) is 0 Å². The number of aliphatic carboxylic acids is 1. The van der Waals surface area contributed by atoms with E-state index < -0.39 is 11.8 Å². The number of carboxylic acids is 1. The van der Waals surface area contributed by atoms with Crippen LogP contribution >= 0.6 is 0 Å². The fourth-order valence-corrected chi connectivity index (χ4v) is 1.55. The van der Waals surface area contributed by atoms with E-state index in [0.717, 1.165) is 6.08 Å². The molecular weight excluding hydrogens is 223 g/mol. The van der Waals surface area contributed by atoms with Gasteiger partial charge in [0.25, 0.3) is 0 Å². The second-order valence-electron chi connectivity index (χ2n) is 3.43. The number of hydrogen-bond donors (Lipinski definition) is 1. The van der Waals surface area contributed by atoms with Crippen molar-refractivity contribution in [3.63, 3.8) is 0 Å². The normalized spacial score (nSPS) is 11.4. The molecule has 92 valence electrons. The van der Waals surface area contributed by atoms with E-state index in [9.17, 15) is 9.18 Å². The van der Waals surface area contributed by atoms with Gasteiger partial charge in [-0.1, -0.05) is 6.92 Å². The van der Waals surface area contributed by atoms with Crippen LogP contribution in [-0.2, 0) is 4.79 Å². The predicted molar refractivity (Wildman–Crippen MR) is 63.5 cm³/mol. The molecule has 0 saturated heterocycles. The third-order valence-corrected chi connectivity index (χ3v) is 2.27. The minimum atomic E-state index is -1.05. The van der Waals surface area contributed by atoms with E-state index in [1.807, 2.05) is 13.8 Å². The zero-order valence-corrected chi connectivity index (χ0v) is 9.87. The van der Waals surface area contributed by atoms with Gasteiger partial charge in [0, 0.05) is 11.6 Å². The molecule has 1 aromatic carbocycles. The van der Waals surface area contributed by atoms with Crippen molar-refractivity contribution in [2.75, 3.05) is 6.61 Å². The minimum absolute atomic E-state index is 0.409. The molecule has 0 heterocycles. The fourth-order valence-electron chi connectivity index (χ4n) is 1.55. The van der Waals surface area contributed by atoms with E-state index in [0.29, 0.717) is 29.9 Å². The van der Waals surface area contributed by atoms with E-state index in [1.54, 1.807) is 0 Å². The number of rotatable bonds is 5. The highest BCUT2D eigenvalue weighted by molar-refractivity contribution is 5.90. The third kappa shape index (κ3) is 3.59. The Bertz CT molecular complexity index is 438. The van der Waals surface area contributed by atoms with Crippen molar-refractivity contribution < 1.29 is 19.0 Å². The summed E-state index contributed by atoms with van der Waals surface area (Å²) in [4.78, 5) is 10.7. The van der Waals surface area contributed by atoms with Crippen LogP contribution < -0.4 is 4.74 Å². The summed E-state index contributed by atoms with van der Waals surface area (Å²) in [5.41, 5.74) is 1.04. The van der Waals surface area contributed by atoms with Crippen molar-refractivity contribution in [1.82, 2.24) is 0 Å². The Labute approximate surface area is 99.5 Å². The van der Waals surface area contributed by atoms with Crippen LogP contribution in [0.1, 0.15) is 25.8 Å². The molecule has 0 unspecified atom stereocenters. The van der Waals surface area contributed by atoms with Crippen molar-refractivity contribution >= 4 is 11.5 Å². The number of allylic oxidation sites excluding steroid dienone is 1. The Morgan fingerprint density at radius 3 is 2.71 bits per heavy atom. The van der Waals surface area contributed by atoms with Gasteiger partial charge in [0.1, 0.15) is 11.6 Å². The largest absolute Gasteiger partial charge is 0.493 e. The number of carbonyl (C=O) groups is 1. The summed E-state index contributed by atoms with van der Waals surface area (Å²) < 4.78 is 18.5. The van der Waals surface area contributed by atoms with E-state index in [2.05, 4.69) is 0 Å². The molecule has 1 N–H and O–H groups in total. The van der Waals surface area contributed by atoms with Crippen LogP contribution in [0.25, 0.3) is 5.57 Å². The lowest BCUT2D eigenvalue weighted by molar-refractivity contribution is -0.131. The van der Waals surface area contributed by atoms with Gasteiger partial charge >= 0.3 is 5.97 Å². The van der Waals surface area contributed by atoms with E-state index in [-0.39, 0.29) is 0 Å². The highest BCUT2D eigenvalue weighted by atomic mass is 19.1. The number of carboxylic acid groups (broad SMARTS) is 1. The second-order valence-corrected chi connectivity index (χ2v) is 3.43. The molecular formula is C13H15FO3. The summed E-state index contributed by atoms with van der Waals surface area (Å²) in [5.74, 6) is -0.954. The molecule has 0 fully saturated rings. The number of halogens is 1. The zero-order chi connectivity index (χ0) is 12.8. The second kappa shape index (κ2) is 6.03. The smallest absolute Gasteiger partial charge is 0.328 e. The quantitative estimate of drug-likeness (QED) is 0.802. The molecule has 0 radical (unpaired) electrons. The Balaban J connectivity index is 3.25. The summed E-state index contributed by atoms with van der Waals surface area (Å²) in [7, 11) is 0. The SMILES string of the molecule is CCOc1ccc(F)cc1/C(=C/C(=O)O)CC. The van der Waals surface area contributed by atoms with Crippen LogP contribution in [0.3, 0.4) is 0 Å². The summed E-state index contributed by atoms with van der Waals surface area (Å²) in [6.07, 6.45) is 1.58. The van der Waals surface area contributed by atoms with Gasteiger partial charge in [-0.2, -0.15) is 0 Å². The van der Waals surface area contributed by atoms with E-state index in [1.165, 1.54) is 18.2 Å². The molecule has 17 heavy (non-hydrogen) atoms. The Hall–Kier alpha value is -1.84. The number of ether oxygens (including phenoxy) is 1. The standard InChI is InChI=1S/C13H15FO3/c1-3-9(7-13(15)16)11-8-10(14)5-6-12(11)17-4-2/h5-8H,3-4H2,1-2H3,(H,15,16)/b9-7+. The monoisotopic (exact) mass is 238 g/mol. The molecule has 4 heteroatoms. The first-order chi connectivity index (χ1) is 8.08. The van der Waals surface area contributed by atoms with Crippen LogP contribution in [0.5, 0.6) is 5.75 Å². The average Bonchev–Trinajstić information content (AvgIpc) is 2.28. The molecule has 0 spiro atoms. The highest BCUT2D eigenvalue weighted by Gasteiger charge is 2.10. The molecule has 0 saturated carbocycles. The van der Waals surface area contributed by atoms with Gasteiger partial charge in [-0.25, -0.2) is 9.18 Å². The topological polar surface area (TPSA) is 46.5 Å². The maximum Gasteiger partial charge on any atom is 0.328 e. The number of benzene rings is 1. The highest BCUT2D eigenvalue weighted by Crippen LogP contribution is 2.29. The first-order valence-electron chi connectivity index (χ1n) is 5.44. The molecule has 0 aromatic heterocycles. The minimum Gasteiger partial charge on any atom is -0.493 e. The van der Waals surface area contributed by atoms with Crippen molar-refractivity contribution in [2.24, 2.45) is 0 Å². The summed E-state index contributed by atoms with van der Waals surface area (Å²) >= 11 is 0. The molecule has 0 aliphatic carbocycles. The van der Waals surface area contributed by atoms with E-state index in [4.69, 9.17) is 9.84 Å². The van der Waals surface area contributed by atoms with Crippen molar-refractivity contribution in [2.45, 2.75) is 20.3 Å². The van der Waals surface area contributed by atoms with Crippen LogP contribution in [0.2, 0.25) is 0 Å². The molecule has 0 atom stereocenters. The Morgan fingerprint density at radius 1 is 1.47 bits per heavy atom. The molecule has 0 amide bonds. The lowest BCUT2D eigenvalue weighted by Gasteiger charge is -2.11. The molecule has 1 rings (SSSR count). The van der Waals surface area contributed by atoms with Gasteiger partial charge in [-0.3, -0.25) is 0 Å². The third-order valence-electron chi connectivity index (χ3n) is 2.27. The molecule has 0 aliphatic rings. The van der Waals surface area contributed by atoms with Crippen molar-refractivity contribution in [3.8, 4) is 5.75 Å². The summed E-state index contributed by atoms with van der Waals surface area (Å²) in [6, 6.07) is 4.10. The number of hydrogen-bond acceptors (Lipinski definition) is 2. The first kappa shape index (κ1) is 13.2. The first-order valence-corrected chi connectivity index (χ1v) is 5.44. The Kier molecular flexibility index (Phi) is 4.69. The van der Waals surface area contributed by atoms with Gasteiger partial charge in [0.15, 0.2) is 0 Å². The van der Waals surface area contributed by atoms with Crippen molar-refractivity contribution in [3.05, 3.63) is 35.7 Å². The molecule has 0 bridgehead atoms. The van der Waals surface area contributed by atoms with E-state index >= 15 is 0 Å². The van der Waals surface area contributed by atoms with Crippen LogP contribution in [0, 0.1) is 5.82 Å². The predicted octanol–water partition coefficient (Wildman–Crippen LogP) is 3.10. The van der Waals surface area contributed by atoms with Crippen LogP contribution in [0.4, 0.5) is 4.39 Å².